The standard InChI is InChI=1S/C20H21N3O3/c21-9-8-16-4-6-19(7-5-16)26-15-20(24)22-17-2-1-3-18(14-17)23-10-12-25-13-11-23/h1-7,14H,8,10-13,15H2,(H,22,24). The van der Waals surface area contributed by atoms with Crippen LogP contribution in [0, 0.1) is 11.3 Å². The number of nitrogens with zero attached hydrogens (tertiary/aromatic N) is 2. The average molecular weight is 351 g/mol. The van der Waals surface area contributed by atoms with Crippen molar-refractivity contribution < 1.29 is 14.3 Å². The molecule has 3 rings (SSSR count). The van der Waals surface area contributed by atoms with Crippen LogP contribution in [0.2, 0.25) is 0 Å². The van der Waals surface area contributed by atoms with Gasteiger partial charge in [-0.1, -0.05) is 18.2 Å². The van der Waals surface area contributed by atoms with Crippen molar-refractivity contribution >= 4 is 17.3 Å². The first-order chi connectivity index (χ1) is 12.7. The third kappa shape index (κ3) is 4.98. The second kappa shape index (κ2) is 8.88. The van der Waals surface area contributed by atoms with Crippen molar-refractivity contribution in [1.82, 2.24) is 0 Å². The van der Waals surface area contributed by atoms with Crippen LogP contribution in [0.1, 0.15) is 5.56 Å². The predicted molar refractivity (Wildman–Crippen MR) is 99.4 cm³/mol. The highest BCUT2D eigenvalue weighted by Gasteiger charge is 2.12. The van der Waals surface area contributed by atoms with Crippen molar-refractivity contribution in [3.8, 4) is 11.8 Å². The number of amides is 1. The van der Waals surface area contributed by atoms with E-state index in [4.69, 9.17) is 14.7 Å². The second-order valence-electron chi connectivity index (χ2n) is 5.97. The lowest BCUT2D eigenvalue weighted by Crippen LogP contribution is -2.36. The van der Waals surface area contributed by atoms with Crippen LogP contribution in [-0.2, 0) is 16.0 Å². The zero-order chi connectivity index (χ0) is 18.2. The van der Waals surface area contributed by atoms with Gasteiger partial charge in [-0.25, -0.2) is 0 Å². The van der Waals surface area contributed by atoms with Crippen molar-refractivity contribution in [2.75, 3.05) is 43.1 Å². The molecule has 6 heteroatoms. The molecule has 1 aliphatic heterocycles. The van der Waals surface area contributed by atoms with Gasteiger partial charge in [-0.3, -0.25) is 4.79 Å². The molecule has 1 saturated heterocycles. The smallest absolute Gasteiger partial charge is 0.262 e. The Balaban J connectivity index is 1.52. The predicted octanol–water partition coefficient (Wildman–Crippen LogP) is 2.61. The molecule has 6 nitrogen and oxygen atoms in total. The third-order valence-electron chi connectivity index (χ3n) is 4.08. The fourth-order valence-corrected chi connectivity index (χ4v) is 2.74. The molecule has 0 spiro atoms. The van der Waals surface area contributed by atoms with Gasteiger partial charge in [0.25, 0.3) is 5.91 Å². The molecule has 0 aliphatic carbocycles. The summed E-state index contributed by atoms with van der Waals surface area (Å²) >= 11 is 0. The SMILES string of the molecule is N#CCc1ccc(OCC(=O)Nc2cccc(N3CCOCC3)c2)cc1. The van der Waals surface area contributed by atoms with Gasteiger partial charge in [-0.15, -0.1) is 0 Å². The zero-order valence-electron chi connectivity index (χ0n) is 14.5. The molecule has 1 N–H and O–H groups in total. The monoisotopic (exact) mass is 351 g/mol. The van der Waals surface area contributed by atoms with Gasteiger partial charge < -0.3 is 19.7 Å². The Hall–Kier alpha value is -3.04. The van der Waals surface area contributed by atoms with E-state index in [9.17, 15) is 4.79 Å². The Bertz CT molecular complexity index is 778. The van der Waals surface area contributed by atoms with Crippen LogP contribution in [0.3, 0.4) is 0 Å². The summed E-state index contributed by atoms with van der Waals surface area (Å²) in [6, 6.07) is 17.0. The summed E-state index contributed by atoms with van der Waals surface area (Å²) in [5.74, 6) is 0.383. The summed E-state index contributed by atoms with van der Waals surface area (Å²) in [6.07, 6.45) is 0.361. The van der Waals surface area contributed by atoms with Crippen LogP contribution >= 0.6 is 0 Å². The first kappa shape index (κ1) is 17.8. The first-order valence-corrected chi connectivity index (χ1v) is 8.56. The third-order valence-corrected chi connectivity index (χ3v) is 4.08. The van der Waals surface area contributed by atoms with Gasteiger partial charge in [0.05, 0.1) is 25.7 Å². The first-order valence-electron chi connectivity index (χ1n) is 8.56. The van der Waals surface area contributed by atoms with E-state index in [1.165, 1.54) is 0 Å². The molecule has 1 fully saturated rings. The van der Waals surface area contributed by atoms with E-state index in [1.54, 1.807) is 12.1 Å². The van der Waals surface area contributed by atoms with Crippen LogP contribution in [0.4, 0.5) is 11.4 Å². The Morgan fingerprint density at radius 3 is 2.69 bits per heavy atom. The summed E-state index contributed by atoms with van der Waals surface area (Å²) in [6.45, 7) is 3.07. The van der Waals surface area contributed by atoms with Crippen LogP contribution < -0.4 is 15.0 Å². The molecular weight excluding hydrogens is 330 g/mol. The Kier molecular flexibility index (Phi) is 6.07. The minimum absolute atomic E-state index is 0.0701. The van der Waals surface area contributed by atoms with Gasteiger partial charge in [-0.2, -0.15) is 5.26 Å². The summed E-state index contributed by atoms with van der Waals surface area (Å²) in [5.41, 5.74) is 2.73. The Morgan fingerprint density at radius 1 is 1.19 bits per heavy atom. The number of hydrogen-bond acceptors (Lipinski definition) is 5. The highest BCUT2D eigenvalue weighted by molar-refractivity contribution is 5.92. The van der Waals surface area contributed by atoms with E-state index in [1.807, 2.05) is 36.4 Å². The molecule has 0 saturated carbocycles. The number of benzene rings is 2. The molecule has 2 aromatic rings. The molecular formula is C20H21N3O3. The lowest BCUT2D eigenvalue weighted by Gasteiger charge is -2.29. The minimum atomic E-state index is -0.217. The maximum Gasteiger partial charge on any atom is 0.262 e. The summed E-state index contributed by atoms with van der Waals surface area (Å²) < 4.78 is 10.9. The summed E-state index contributed by atoms with van der Waals surface area (Å²) in [7, 11) is 0. The van der Waals surface area contributed by atoms with E-state index in [2.05, 4.69) is 16.3 Å². The molecule has 26 heavy (non-hydrogen) atoms. The van der Waals surface area contributed by atoms with E-state index in [-0.39, 0.29) is 12.5 Å². The number of carbonyl (C=O) groups is 1. The number of anilines is 2. The van der Waals surface area contributed by atoms with Gasteiger partial charge in [0.1, 0.15) is 5.75 Å². The van der Waals surface area contributed by atoms with E-state index in [0.29, 0.717) is 12.2 Å². The van der Waals surface area contributed by atoms with Gasteiger partial charge in [0.15, 0.2) is 6.61 Å². The number of hydrogen-bond donors (Lipinski definition) is 1. The second-order valence-corrected chi connectivity index (χ2v) is 5.97. The van der Waals surface area contributed by atoms with Crippen molar-refractivity contribution in [2.24, 2.45) is 0 Å². The molecule has 1 heterocycles. The van der Waals surface area contributed by atoms with Crippen molar-refractivity contribution in [1.29, 1.82) is 5.26 Å². The molecule has 1 aliphatic rings. The Labute approximate surface area is 152 Å². The molecule has 0 bridgehead atoms. The van der Waals surface area contributed by atoms with Crippen LogP contribution in [0.15, 0.2) is 48.5 Å². The van der Waals surface area contributed by atoms with Gasteiger partial charge in [0.2, 0.25) is 0 Å². The Morgan fingerprint density at radius 2 is 1.96 bits per heavy atom. The molecule has 0 unspecified atom stereocenters. The van der Waals surface area contributed by atoms with Crippen molar-refractivity contribution in [3.63, 3.8) is 0 Å². The van der Waals surface area contributed by atoms with Crippen LogP contribution in [0.25, 0.3) is 0 Å². The fourth-order valence-electron chi connectivity index (χ4n) is 2.74. The molecule has 0 atom stereocenters. The largest absolute Gasteiger partial charge is 0.484 e. The van der Waals surface area contributed by atoms with Crippen LogP contribution in [-0.4, -0.2) is 38.8 Å². The number of rotatable bonds is 6. The van der Waals surface area contributed by atoms with Crippen molar-refractivity contribution in [2.45, 2.75) is 6.42 Å². The number of ether oxygens (including phenoxy) is 2. The van der Waals surface area contributed by atoms with Gasteiger partial charge >= 0.3 is 0 Å². The van der Waals surface area contributed by atoms with Gasteiger partial charge in [0, 0.05) is 24.5 Å². The molecule has 1 amide bonds. The van der Waals surface area contributed by atoms with Crippen LogP contribution in [0.5, 0.6) is 5.75 Å². The van der Waals surface area contributed by atoms with Crippen molar-refractivity contribution in [3.05, 3.63) is 54.1 Å². The van der Waals surface area contributed by atoms with E-state index in [0.717, 1.165) is 43.2 Å². The average Bonchev–Trinajstić information content (AvgIpc) is 2.69. The summed E-state index contributed by atoms with van der Waals surface area (Å²) in [5, 5.41) is 11.5. The number of nitriles is 1. The lowest BCUT2D eigenvalue weighted by molar-refractivity contribution is -0.118. The molecule has 0 radical (unpaired) electrons. The highest BCUT2D eigenvalue weighted by Crippen LogP contribution is 2.20. The lowest BCUT2D eigenvalue weighted by atomic mass is 10.2. The molecule has 134 valence electrons. The zero-order valence-corrected chi connectivity index (χ0v) is 14.5. The highest BCUT2D eigenvalue weighted by atomic mass is 16.5. The number of nitrogens with one attached hydrogen (secondary N) is 1. The molecule has 2 aromatic carbocycles. The minimum Gasteiger partial charge on any atom is -0.484 e. The quantitative estimate of drug-likeness (QED) is 0.866. The van der Waals surface area contributed by atoms with Gasteiger partial charge in [-0.05, 0) is 35.9 Å². The fraction of sp³-hybridized carbons (Fsp3) is 0.300. The summed E-state index contributed by atoms with van der Waals surface area (Å²) in [4.78, 5) is 14.4. The maximum absolute atomic E-state index is 12.1. The number of carbonyl (C=O) groups excluding carboxylic acids is 1. The van der Waals surface area contributed by atoms with E-state index < -0.39 is 0 Å². The molecule has 0 aromatic heterocycles. The maximum atomic E-state index is 12.1. The topological polar surface area (TPSA) is 74.6 Å². The normalized spacial score (nSPS) is 13.7. The van der Waals surface area contributed by atoms with E-state index >= 15 is 0 Å². The number of morpholine rings is 1.